The monoisotopic (exact) mass is 332 g/mol. The van der Waals surface area contributed by atoms with Gasteiger partial charge in [0.2, 0.25) is 0 Å². The van der Waals surface area contributed by atoms with Gasteiger partial charge in [-0.1, -0.05) is 42.5 Å². The average Bonchev–Trinajstić information content (AvgIpc) is 3.01. The Morgan fingerprint density at radius 3 is 2.60 bits per heavy atom. The van der Waals surface area contributed by atoms with Crippen molar-refractivity contribution in [2.24, 2.45) is 0 Å². The van der Waals surface area contributed by atoms with Crippen LogP contribution in [-0.4, -0.2) is 28.3 Å². The highest BCUT2D eigenvalue weighted by atomic mass is 16.1. The molecule has 5 heteroatoms. The molecule has 2 heterocycles. The lowest BCUT2D eigenvalue weighted by atomic mass is 10.0. The van der Waals surface area contributed by atoms with Gasteiger partial charge >= 0.3 is 0 Å². The summed E-state index contributed by atoms with van der Waals surface area (Å²) in [5.74, 6) is -0.0537. The van der Waals surface area contributed by atoms with Gasteiger partial charge in [-0.3, -0.25) is 9.48 Å². The fraction of sp³-hybridized carbons (Fsp3) is 0.200. The van der Waals surface area contributed by atoms with E-state index in [1.807, 2.05) is 53.2 Å². The number of rotatable bonds is 3. The second kappa shape index (κ2) is 6.91. The summed E-state index contributed by atoms with van der Waals surface area (Å²) in [7, 11) is 0. The molecular formula is C20H20N4O. The highest BCUT2D eigenvalue weighted by Crippen LogP contribution is 2.19. The van der Waals surface area contributed by atoms with Crippen molar-refractivity contribution >= 4 is 5.91 Å². The molecule has 3 aromatic rings. The van der Waals surface area contributed by atoms with Crippen molar-refractivity contribution in [1.29, 1.82) is 0 Å². The maximum atomic E-state index is 12.6. The molecule has 1 amide bonds. The lowest BCUT2D eigenvalue weighted by Crippen LogP contribution is -2.43. The van der Waals surface area contributed by atoms with Gasteiger partial charge in [-0.05, 0) is 29.3 Å². The number of benzene rings is 2. The van der Waals surface area contributed by atoms with Crippen molar-refractivity contribution < 1.29 is 4.79 Å². The van der Waals surface area contributed by atoms with E-state index in [0.29, 0.717) is 12.1 Å². The van der Waals surface area contributed by atoms with E-state index >= 15 is 0 Å². The molecule has 0 aliphatic carbocycles. The highest BCUT2D eigenvalue weighted by Gasteiger charge is 2.18. The predicted octanol–water partition coefficient (Wildman–Crippen LogP) is 2.45. The molecule has 1 unspecified atom stereocenters. The predicted molar refractivity (Wildman–Crippen MR) is 97.1 cm³/mol. The minimum absolute atomic E-state index is 0.0162. The lowest BCUT2D eigenvalue weighted by molar-refractivity contribution is 0.0933. The van der Waals surface area contributed by atoms with E-state index in [4.69, 9.17) is 0 Å². The third-order valence-electron chi connectivity index (χ3n) is 4.48. The molecule has 2 N–H and O–H groups in total. The number of aromatic nitrogens is 2. The lowest BCUT2D eigenvalue weighted by Gasteiger charge is -2.17. The molecule has 4 rings (SSSR count). The molecule has 0 fully saturated rings. The Labute approximate surface area is 146 Å². The zero-order valence-corrected chi connectivity index (χ0v) is 13.9. The van der Waals surface area contributed by atoms with Gasteiger partial charge in [0.25, 0.3) is 5.91 Å². The van der Waals surface area contributed by atoms with E-state index in [1.165, 1.54) is 0 Å². The first kappa shape index (κ1) is 15.6. The molecule has 126 valence electrons. The molecule has 0 spiro atoms. The van der Waals surface area contributed by atoms with Crippen LogP contribution in [0.3, 0.4) is 0 Å². The Morgan fingerprint density at radius 2 is 1.80 bits per heavy atom. The maximum Gasteiger partial charge on any atom is 0.251 e. The number of hydrogen-bond acceptors (Lipinski definition) is 3. The van der Waals surface area contributed by atoms with Crippen molar-refractivity contribution in [3.8, 4) is 11.1 Å². The molecule has 0 radical (unpaired) electrons. The average molecular weight is 332 g/mol. The minimum atomic E-state index is -0.0537. The van der Waals surface area contributed by atoms with Crippen LogP contribution in [0.25, 0.3) is 11.1 Å². The van der Waals surface area contributed by atoms with Crippen molar-refractivity contribution in [3.05, 3.63) is 78.1 Å². The molecule has 2 aromatic carbocycles. The van der Waals surface area contributed by atoms with E-state index in [1.54, 1.807) is 6.20 Å². The van der Waals surface area contributed by atoms with Crippen LogP contribution in [0.5, 0.6) is 0 Å². The zero-order chi connectivity index (χ0) is 17.1. The standard InChI is InChI=1S/C20H20N4O/c25-20(23-18-12-21-13-19-10-11-22-24(19)14-18)17-8-6-16(7-9-17)15-4-2-1-3-5-15/h1-11,18,21H,12-14H2,(H,23,25). The Kier molecular flexibility index (Phi) is 4.31. The summed E-state index contributed by atoms with van der Waals surface area (Å²) in [6.45, 7) is 2.19. The first-order valence-electron chi connectivity index (χ1n) is 8.47. The first-order valence-corrected chi connectivity index (χ1v) is 8.47. The normalized spacial score (nSPS) is 16.7. The molecule has 0 bridgehead atoms. The van der Waals surface area contributed by atoms with Crippen molar-refractivity contribution in [3.63, 3.8) is 0 Å². The van der Waals surface area contributed by atoms with Gasteiger partial charge in [-0.15, -0.1) is 0 Å². The number of carbonyl (C=O) groups excluding carboxylic acids is 1. The molecule has 0 saturated heterocycles. The first-order chi connectivity index (χ1) is 12.3. The molecule has 1 aromatic heterocycles. The van der Waals surface area contributed by atoms with E-state index in [0.717, 1.165) is 29.9 Å². The molecule has 5 nitrogen and oxygen atoms in total. The largest absolute Gasteiger partial charge is 0.346 e. The zero-order valence-electron chi connectivity index (χ0n) is 13.9. The van der Waals surface area contributed by atoms with E-state index in [2.05, 4.69) is 27.9 Å². The van der Waals surface area contributed by atoms with Crippen LogP contribution in [0.1, 0.15) is 16.1 Å². The van der Waals surface area contributed by atoms with E-state index < -0.39 is 0 Å². The van der Waals surface area contributed by atoms with Gasteiger partial charge in [-0.2, -0.15) is 5.10 Å². The topological polar surface area (TPSA) is 59.0 Å². The molecule has 1 aliphatic rings. The molecule has 0 saturated carbocycles. The highest BCUT2D eigenvalue weighted by molar-refractivity contribution is 5.94. The van der Waals surface area contributed by atoms with Crippen LogP contribution in [0.4, 0.5) is 0 Å². The quantitative estimate of drug-likeness (QED) is 0.774. The van der Waals surface area contributed by atoms with Crippen LogP contribution in [0, 0.1) is 0 Å². The molecule has 1 aliphatic heterocycles. The summed E-state index contributed by atoms with van der Waals surface area (Å²) in [4.78, 5) is 12.6. The Bertz CT molecular complexity index is 855. The molecule has 25 heavy (non-hydrogen) atoms. The van der Waals surface area contributed by atoms with Gasteiger partial charge < -0.3 is 10.6 Å². The van der Waals surface area contributed by atoms with Gasteiger partial charge in [-0.25, -0.2) is 0 Å². The van der Waals surface area contributed by atoms with Crippen molar-refractivity contribution in [2.75, 3.05) is 6.54 Å². The van der Waals surface area contributed by atoms with Gasteiger partial charge in [0.1, 0.15) is 0 Å². The third-order valence-corrected chi connectivity index (χ3v) is 4.48. The third kappa shape index (κ3) is 3.46. The Balaban J connectivity index is 1.44. The summed E-state index contributed by atoms with van der Waals surface area (Å²) in [5.41, 5.74) is 4.07. The Hall–Kier alpha value is -2.92. The SMILES string of the molecule is O=C(NC1CNCc2ccnn2C1)c1ccc(-c2ccccc2)cc1. The van der Waals surface area contributed by atoms with Crippen LogP contribution in [0.15, 0.2) is 66.9 Å². The van der Waals surface area contributed by atoms with Crippen LogP contribution < -0.4 is 10.6 Å². The number of nitrogens with zero attached hydrogens (tertiary/aromatic N) is 2. The summed E-state index contributed by atoms with van der Waals surface area (Å²) < 4.78 is 1.95. The molecule has 1 atom stereocenters. The van der Waals surface area contributed by atoms with Crippen LogP contribution >= 0.6 is 0 Å². The second-order valence-corrected chi connectivity index (χ2v) is 6.25. The minimum Gasteiger partial charge on any atom is -0.346 e. The van der Waals surface area contributed by atoms with Crippen molar-refractivity contribution in [1.82, 2.24) is 20.4 Å². The van der Waals surface area contributed by atoms with Gasteiger partial charge in [0.15, 0.2) is 0 Å². The maximum absolute atomic E-state index is 12.6. The fourth-order valence-corrected chi connectivity index (χ4v) is 3.13. The van der Waals surface area contributed by atoms with E-state index in [9.17, 15) is 4.79 Å². The van der Waals surface area contributed by atoms with Crippen LogP contribution in [0.2, 0.25) is 0 Å². The number of carbonyl (C=O) groups is 1. The van der Waals surface area contributed by atoms with Crippen molar-refractivity contribution in [2.45, 2.75) is 19.1 Å². The number of amides is 1. The molecular weight excluding hydrogens is 312 g/mol. The summed E-state index contributed by atoms with van der Waals surface area (Å²) in [5, 5.41) is 10.8. The summed E-state index contributed by atoms with van der Waals surface area (Å²) >= 11 is 0. The second-order valence-electron chi connectivity index (χ2n) is 6.25. The number of fused-ring (bicyclic) bond motifs is 1. The van der Waals surface area contributed by atoms with Crippen LogP contribution in [-0.2, 0) is 13.1 Å². The number of hydrogen-bond donors (Lipinski definition) is 2. The number of nitrogens with one attached hydrogen (secondary N) is 2. The smallest absolute Gasteiger partial charge is 0.251 e. The van der Waals surface area contributed by atoms with Gasteiger partial charge in [0, 0.05) is 24.8 Å². The van der Waals surface area contributed by atoms with Gasteiger partial charge in [0.05, 0.1) is 18.3 Å². The Morgan fingerprint density at radius 1 is 1.04 bits per heavy atom. The fourth-order valence-electron chi connectivity index (χ4n) is 3.13. The van der Waals surface area contributed by atoms with E-state index in [-0.39, 0.29) is 11.9 Å². The summed E-state index contributed by atoms with van der Waals surface area (Å²) in [6.07, 6.45) is 1.80. The summed E-state index contributed by atoms with van der Waals surface area (Å²) in [6, 6.07) is 19.9.